The third-order valence-electron chi connectivity index (χ3n) is 5.22. The maximum Gasteiger partial charge on any atom is 0.251 e. The van der Waals surface area contributed by atoms with Gasteiger partial charge in [0.05, 0.1) is 11.5 Å². The number of rotatable bonds is 9. The average Bonchev–Trinajstić information content (AvgIpc) is 2.80. The number of amides is 2. The van der Waals surface area contributed by atoms with Gasteiger partial charge in [-0.3, -0.25) is 14.6 Å². The molecule has 2 amide bonds. The standard InChI is InChI=1S/C21H25N3O6S/c22-20(26)21(8-14-29-15-9-21)31(27,28)18-4-2-17(3-5-18)30-13-1-10-24-19(25)16-6-11-23-12-7-16/h2-7,11-12H,1,8-10,13-15H2,(H2,22,26)(H,24,25). The van der Waals surface area contributed by atoms with Gasteiger partial charge >= 0.3 is 0 Å². The number of hydrogen-bond donors (Lipinski definition) is 2. The highest BCUT2D eigenvalue weighted by molar-refractivity contribution is 7.93. The van der Waals surface area contributed by atoms with Crippen LogP contribution in [0.2, 0.25) is 0 Å². The number of aromatic nitrogens is 1. The molecule has 0 unspecified atom stereocenters. The third-order valence-corrected chi connectivity index (χ3v) is 7.75. The van der Waals surface area contributed by atoms with Crippen molar-refractivity contribution in [2.75, 3.05) is 26.4 Å². The number of nitrogens with two attached hydrogens (primary N) is 1. The van der Waals surface area contributed by atoms with Gasteiger partial charge in [0.15, 0.2) is 14.6 Å². The summed E-state index contributed by atoms with van der Waals surface area (Å²) in [4.78, 5) is 27.9. The molecule has 0 aliphatic carbocycles. The molecule has 3 rings (SSSR count). The fourth-order valence-electron chi connectivity index (χ4n) is 3.36. The monoisotopic (exact) mass is 447 g/mol. The second-order valence-electron chi connectivity index (χ2n) is 7.14. The first-order valence-electron chi connectivity index (χ1n) is 9.90. The van der Waals surface area contributed by atoms with Gasteiger partial charge in [0, 0.05) is 37.7 Å². The second-order valence-corrected chi connectivity index (χ2v) is 9.40. The Labute approximate surface area is 180 Å². The van der Waals surface area contributed by atoms with Gasteiger partial charge in [-0.2, -0.15) is 0 Å². The Bertz CT molecular complexity index is 1000. The molecular formula is C21H25N3O6S. The van der Waals surface area contributed by atoms with Crippen LogP contribution in [-0.2, 0) is 19.4 Å². The number of carbonyl (C=O) groups is 2. The van der Waals surface area contributed by atoms with E-state index in [1.54, 1.807) is 24.5 Å². The summed E-state index contributed by atoms with van der Waals surface area (Å²) in [6.45, 7) is 1.10. The molecule has 1 aliphatic rings. The number of benzene rings is 1. The summed E-state index contributed by atoms with van der Waals surface area (Å²) in [7, 11) is -3.97. The van der Waals surface area contributed by atoms with Crippen LogP contribution in [0.3, 0.4) is 0 Å². The van der Waals surface area contributed by atoms with E-state index in [0.29, 0.717) is 30.9 Å². The minimum absolute atomic E-state index is 0.0187. The lowest BCUT2D eigenvalue weighted by Gasteiger charge is -2.33. The molecule has 2 aromatic rings. The van der Waals surface area contributed by atoms with Crippen molar-refractivity contribution in [1.82, 2.24) is 10.3 Å². The number of ether oxygens (including phenoxy) is 2. The summed E-state index contributed by atoms with van der Waals surface area (Å²) in [6, 6.07) is 9.16. The average molecular weight is 448 g/mol. The molecule has 1 aromatic heterocycles. The Morgan fingerprint density at radius 2 is 1.74 bits per heavy atom. The van der Waals surface area contributed by atoms with E-state index >= 15 is 0 Å². The molecule has 1 aliphatic heterocycles. The summed E-state index contributed by atoms with van der Waals surface area (Å²) in [6.07, 6.45) is 3.74. The highest BCUT2D eigenvalue weighted by Gasteiger charge is 2.51. The van der Waals surface area contributed by atoms with Gasteiger partial charge in [-0.15, -0.1) is 0 Å². The smallest absolute Gasteiger partial charge is 0.251 e. The van der Waals surface area contributed by atoms with E-state index in [9.17, 15) is 18.0 Å². The van der Waals surface area contributed by atoms with Crippen LogP contribution in [-0.4, -0.2) is 56.3 Å². The van der Waals surface area contributed by atoms with Crippen LogP contribution in [0.4, 0.5) is 0 Å². The van der Waals surface area contributed by atoms with E-state index in [0.717, 1.165) is 0 Å². The van der Waals surface area contributed by atoms with E-state index in [1.165, 1.54) is 24.3 Å². The molecule has 9 nitrogen and oxygen atoms in total. The van der Waals surface area contributed by atoms with Crippen LogP contribution in [0.1, 0.15) is 29.6 Å². The molecule has 10 heteroatoms. The lowest BCUT2D eigenvalue weighted by Crippen LogP contribution is -2.53. The SMILES string of the molecule is NC(=O)C1(S(=O)(=O)c2ccc(OCCCNC(=O)c3ccncc3)cc2)CCOCC1. The number of primary amides is 1. The molecule has 31 heavy (non-hydrogen) atoms. The summed E-state index contributed by atoms with van der Waals surface area (Å²) >= 11 is 0. The Hall–Kier alpha value is -2.98. The van der Waals surface area contributed by atoms with Gasteiger partial charge in [-0.1, -0.05) is 0 Å². The van der Waals surface area contributed by atoms with Gasteiger partial charge in [0.1, 0.15) is 5.75 Å². The molecule has 1 fully saturated rings. The van der Waals surface area contributed by atoms with E-state index in [2.05, 4.69) is 10.3 Å². The van der Waals surface area contributed by atoms with Crippen LogP contribution in [0.15, 0.2) is 53.7 Å². The van der Waals surface area contributed by atoms with Crippen molar-refractivity contribution in [2.24, 2.45) is 5.73 Å². The van der Waals surface area contributed by atoms with Gasteiger partial charge in [0.2, 0.25) is 5.91 Å². The number of pyridine rings is 1. The van der Waals surface area contributed by atoms with E-state index in [4.69, 9.17) is 15.2 Å². The molecule has 3 N–H and O–H groups in total. The number of sulfone groups is 1. The van der Waals surface area contributed by atoms with E-state index in [1.807, 2.05) is 0 Å². The van der Waals surface area contributed by atoms with Crippen LogP contribution in [0.5, 0.6) is 5.75 Å². The Morgan fingerprint density at radius 3 is 2.35 bits per heavy atom. The number of carbonyl (C=O) groups excluding carboxylic acids is 2. The number of nitrogens with zero attached hydrogens (tertiary/aromatic N) is 1. The van der Waals surface area contributed by atoms with Crippen molar-refractivity contribution in [3.63, 3.8) is 0 Å². The molecule has 0 atom stereocenters. The second kappa shape index (κ2) is 9.88. The summed E-state index contributed by atoms with van der Waals surface area (Å²) < 4.78 is 35.4. The molecule has 1 aromatic carbocycles. The van der Waals surface area contributed by atoms with Crippen LogP contribution < -0.4 is 15.8 Å². The van der Waals surface area contributed by atoms with Gasteiger partial charge in [0.25, 0.3) is 5.91 Å². The fraction of sp³-hybridized carbons (Fsp3) is 0.381. The van der Waals surface area contributed by atoms with Crippen molar-refractivity contribution in [3.05, 3.63) is 54.4 Å². The third kappa shape index (κ3) is 5.02. The topological polar surface area (TPSA) is 138 Å². The zero-order valence-corrected chi connectivity index (χ0v) is 17.8. The Kier molecular flexibility index (Phi) is 7.24. The van der Waals surface area contributed by atoms with Crippen molar-refractivity contribution in [2.45, 2.75) is 28.9 Å². The molecule has 0 bridgehead atoms. The van der Waals surface area contributed by atoms with Crippen molar-refractivity contribution >= 4 is 21.7 Å². The molecule has 0 saturated carbocycles. The first kappa shape index (κ1) is 22.7. The zero-order chi connectivity index (χ0) is 22.3. The molecule has 0 spiro atoms. The fourth-order valence-corrected chi connectivity index (χ4v) is 5.27. The summed E-state index contributed by atoms with van der Waals surface area (Å²) in [5.74, 6) is -0.557. The van der Waals surface area contributed by atoms with E-state index < -0.39 is 20.5 Å². The first-order chi connectivity index (χ1) is 14.9. The molecule has 0 radical (unpaired) electrons. The number of nitrogens with one attached hydrogen (secondary N) is 1. The number of hydrogen-bond acceptors (Lipinski definition) is 7. The quantitative estimate of drug-likeness (QED) is 0.549. The van der Waals surface area contributed by atoms with Crippen LogP contribution in [0.25, 0.3) is 0 Å². The van der Waals surface area contributed by atoms with Crippen LogP contribution in [0, 0.1) is 0 Å². The molecule has 2 heterocycles. The first-order valence-corrected chi connectivity index (χ1v) is 11.4. The Morgan fingerprint density at radius 1 is 1.10 bits per heavy atom. The summed E-state index contributed by atoms with van der Waals surface area (Å²) in [5.41, 5.74) is 6.01. The predicted octanol–water partition coefficient (Wildman–Crippen LogP) is 1.09. The minimum atomic E-state index is -3.97. The van der Waals surface area contributed by atoms with Crippen molar-refractivity contribution in [3.8, 4) is 5.75 Å². The predicted molar refractivity (Wildman–Crippen MR) is 112 cm³/mol. The molecule has 1 saturated heterocycles. The molecule has 166 valence electrons. The van der Waals surface area contributed by atoms with Crippen molar-refractivity contribution < 1.29 is 27.5 Å². The van der Waals surface area contributed by atoms with Gasteiger partial charge in [-0.25, -0.2) is 8.42 Å². The van der Waals surface area contributed by atoms with Crippen molar-refractivity contribution in [1.29, 1.82) is 0 Å². The lowest BCUT2D eigenvalue weighted by molar-refractivity contribution is -0.122. The minimum Gasteiger partial charge on any atom is -0.494 e. The maximum absolute atomic E-state index is 13.1. The molecular weight excluding hydrogens is 422 g/mol. The van der Waals surface area contributed by atoms with E-state index in [-0.39, 0.29) is 36.9 Å². The highest BCUT2D eigenvalue weighted by Crippen LogP contribution is 2.35. The van der Waals surface area contributed by atoms with Gasteiger partial charge < -0.3 is 20.5 Å². The largest absolute Gasteiger partial charge is 0.494 e. The maximum atomic E-state index is 13.1. The highest BCUT2D eigenvalue weighted by atomic mass is 32.2. The lowest BCUT2D eigenvalue weighted by atomic mass is 9.98. The Balaban J connectivity index is 1.53. The van der Waals surface area contributed by atoms with Crippen LogP contribution >= 0.6 is 0 Å². The zero-order valence-electron chi connectivity index (χ0n) is 17.0. The van der Waals surface area contributed by atoms with Gasteiger partial charge in [-0.05, 0) is 55.7 Å². The summed E-state index contributed by atoms with van der Waals surface area (Å²) in [5, 5.41) is 2.79. The normalized spacial score (nSPS) is 15.7.